The number of carbonyl (C=O) groups excluding carboxylic acids is 1. The van der Waals surface area contributed by atoms with E-state index in [0.717, 1.165) is 36.2 Å². The van der Waals surface area contributed by atoms with Gasteiger partial charge in [0.25, 0.3) is 5.91 Å². The van der Waals surface area contributed by atoms with E-state index in [1.54, 1.807) is 12.3 Å². The molecule has 1 aliphatic heterocycles. The number of carbonyl (C=O) groups is 1. The molecule has 1 amide bonds. The minimum atomic E-state index is 0.0401. The van der Waals surface area contributed by atoms with Gasteiger partial charge in [-0.2, -0.15) is 0 Å². The lowest BCUT2D eigenvalue weighted by molar-refractivity contribution is 0.0945. The van der Waals surface area contributed by atoms with Crippen LogP contribution >= 0.6 is 0 Å². The molecule has 0 atom stereocenters. The second-order valence-corrected chi connectivity index (χ2v) is 3.14. The summed E-state index contributed by atoms with van der Waals surface area (Å²) >= 11 is 0. The normalized spacial score (nSPS) is 15.0. The van der Waals surface area contributed by atoms with Crippen LogP contribution in [0.25, 0.3) is 0 Å². The molecule has 0 aliphatic carbocycles. The van der Waals surface area contributed by atoms with E-state index in [4.69, 9.17) is 0 Å². The van der Waals surface area contributed by atoms with Crippen LogP contribution in [0, 0.1) is 0 Å². The summed E-state index contributed by atoms with van der Waals surface area (Å²) in [6.45, 7) is 2.81. The Kier molecular flexibility index (Phi) is 2.00. The zero-order chi connectivity index (χ0) is 9.26. The molecule has 3 heteroatoms. The molecule has 0 radical (unpaired) electrons. The van der Waals surface area contributed by atoms with Crippen LogP contribution in [0.2, 0.25) is 0 Å². The number of aromatic nitrogens is 1. The Hall–Kier alpha value is -1.38. The van der Waals surface area contributed by atoms with Crippen LogP contribution in [0.5, 0.6) is 0 Å². The van der Waals surface area contributed by atoms with Crippen LogP contribution in [0.1, 0.15) is 28.5 Å². The zero-order valence-corrected chi connectivity index (χ0v) is 7.63. The standard InChI is InChI=1S/C10H12N2O/c1-2-9-7-3-6-12-10(13)8(7)4-5-11-9/h4-5H,2-3,6H2,1H3,(H,12,13). The number of amides is 1. The van der Waals surface area contributed by atoms with E-state index < -0.39 is 0 Å². The van der Waals surface area contributed by atoms with E-state index in [0.29, 0.717) is 0 Å². The van der Waals surface area contributed by atoms with E-state index in [2.05, 4.69) is 17.2 Å². The number of pyridine rings is 1. The van der Waals surface area contributed by atoms with Crippen LogP contribution in [-0.2, 0) is 12.8 Å². The van der Waals surface area contributed by atoms with Crippen LogP contribution < -0.4 is 5.32 Å². The number of hydrogen-bond acceptors (Lipinski definition) is 2. The first-order chi connectivity index (χ1) is 6.33. The number of nitrogens with one attached hydrogen (secondary N) is 1. The second-order valence-electron chi connectivity index (χ2n) is 3.14. The Bertz CT molecular complexity index is 347. The summed E-state index contributed by atoms with van der Waals surface area (Å²) in [5.41, 5.74) is 3.00. The van der Waals surface area contributed by atoms with E-state index in [9.17, 15) is 4.79 Å². The zero-order valence-electron chi connectivity index (χ0n) is 7.63. The van der Waals surface area contributed by atoms with E-state index in [-0.39, 0.29) is 5.91 Å². The first-order valence-electron chi connectivity index (χ1n) is 4.58. The lowest BCUT2D eigenvalue weighted by Crippen LogP contribution is -2.32. The smallest absolute Gasteiger partial charge is 0.251 e. The van der Waals surface area contributed by atoms with Gasteiger partial charge in [-0.15, -0.1) is 0 Å². The van der Waals surface area contributed by atoms with Gasteiger partial charge >= 0.3 is 0 Å². The van der Waals surface area contributed by atoms with Crippen molar-refractivity contribution in [1.29, 1.82) is 0 Å². The van der Waals surface area contributed by atoms with Crippen molar-refractivity contribution < 1.29 is 4.79 Å². The van der Waals surface area contributed by atoms with E-state index >= 15 is 0 Å². The number of nitrogens with zero attached hydrogens (tertiary/aromatic N) is 1. The monoisotopic (exact) mass is 176 g/mol. The van der Waals surface area contributed by atoms with Gasteiger partial charge in [0.05, 0.1) is 0 Å². The van der Waals surface area contributed by atoms with Gasteiger partial charge in [0, 0.05) is 24.0 Å². The average molecular weight is 176 g/mol. The maximum atomic E-state index is 11.4. The molecular formula is C10H12N2O. The minimum absolute atomic E-state index is 0.0401. The lowest BCUT2D eigenvalue weighted by Gasteiger charge is -2.17. The van der Waals surface area contributed by atoms with Crippen LogP contribution in [0.4, 0.5) is 0 Å². The maximum Gasteiger partial charge on any atom is 0.251 e. The molecule has 0 saturated heterocycles. The SMILES string of the molecule is CCc1nccc2c1CCNC2=O. The Labute approximate surface area is 77.2 Å². The third kappa shape index (κ3) is 1.30. The molecule has 0 aromatic carbocycles. The Morgan fingerprint density at radius 1 is 1.62 bits per heavy atom. The molecule has 2 heterocycles. The van der Waals surface area contributed by atoms with Gasteiger partial charge < -0.3 is 5.32 Å². The van der Waals surface area contributed by atoms with Crippen LogP contribution in [-0.4, -0.2) is 17.4 Å². The number of rotatable bonds is 1. The maximum absolute atomic E-state index is 11.4. The third-order valence-electron chi connectivity index (χ3n) is 2.39. The number of fused-ring (bicyclic) bond motifs is 1. The molecule has 0 spiro atoms. The van der Waals surface area contributed by atoms with Gasteiger partial charge in [0.1, 0.15) is 0 Å². The predicted octanol–water partition coefficient (Wildman–Crippen LogP) is 0.930. The summed E-state index contributed by atoms with van der Waals surface area (Å²) in [5, 5.41) is 2.82. The summed E-state index contributed by atoms with van der Waals surface area (Å²) in [6, 6.07) is 1.79. The Balaban J connectivity index is 2.54. The average Bonchev–Trinajstić information content (AvgIpc) is 2.18. The molecule has 3 nitrogen and oxygen atoms in total. The van der Waals surface area contributed by atoms with Crippen LogP contribution in [0.15, 0.2) is 12.3 Å². The molecule has 13 heavy (non-hydrogen) atoms. The molecular weight excluding hydrogens is 164 g/mol. The van der Waals surface area contributed by atoms with Gasteiger partial charge in [-0.3, -0.25) is 9.78 Å². The first-order valence-corrected chi connectivity index (χ1v) is 4.58. The van der Waals surface area contributed by atoms with Gasteiger partial charge in [0.15, 0.2) is 0 Å². The summed E-state index contributed by atoms with van der Waals surface area (Å²) in [5.74, 6) is 0.0401. The lowest BCUT2D eigenvalue weighted by atomic mass is 9.98. The highest BCUT2D eigenvalue weighted by Crippen LogP contribution is 2.16. The molecule has 2 rings (SSSR count). The largest absolute Gasteiger partial charge is 0.352 e. The second kappa shape index (κ2) is 3.17. The molecule has 0 saturated carbocycles. The molecule has 1 aromatic rings. The fourth-order valence-electron chi connectivity index (χ4n) is 1.73. The van der Waals surface area contributed by atoms with Gasteiger partial charge in [-0.1, -0.05) is 6.92 Å². The van der Waals surface area contributed by atoms with Gasteiger partial charge in [-0.25, -0.2) is 0 Å². The first kappa shape index (κ1) is 8.23. The molecule has 0 bridgehead atoms. The summed E-state index contributed by atoms with van der Waals surface area (Å²) in [6.07, 6.45) is 3.52. The van der Waals surface area contributed by atoms with Crippen LogP contribution in [0.3, 0.4) is 0 Å². The fraction of sp³-hybridized carbons (Fsp3) is 0.400. The Morgan fingerprint density at radius 2 is 2.46 bits per heavy atom. The number of aryl methyl sites for hydroxylation is 1. The van der Waals surface area contributed by atoms with Crippen molar-refractivity contribution in [2.75, 3.05) is 6.54 Å². The molecule has 1 N–H and O–H groups in total. The van der Waals surface area contributed by atoms with Gasteiger partial charge in [-0.05, 0) is 24.5 Å². The van der Waals surface area contributed by atoms with Crippen molar-refractivity contribution in [1.82, 2.24) is 10.3 Å². The van der Waals surface area contributed by atoms with Crippen molar-refractivity contribution in [3.63, 3.8) is 0 Å². The van der Waals surface area contributed by atoms with Crippen molar-refractivity contribution in [2.24, 2.45) is 0 Å². The van der Waals surface area contributed by atoms with Crippen molar-refractivity contribution >= 4 is 5.91 Å². The minimum Gasteiger partial charge on any atom is -0.352 e. The third-order valence-corrected chi connectivity index (χ3v) is 2.39. The topological polar surface area (TPSA) is 42.0 Å². The molecule has 1 aliphatic rings. The predicted molar refractivity (Wildman–Crippen MR) is 49.7 cm³/mol. The van der Waals surface area contributed by atoms with Gasteiger partial charge in [0.2, 0.25) is 0 Å². The highest BCUT2D eigenvalue weighted by Gasteiger charge is 2.18. The summed E-state index contributed by atoms with van der Waals surface area (Å²) in [7, 11) is 0. The fourth-order valence-corrected chi connectivity index (χ4v) is 1.73. The molecule has 0 fully saturated rings. The number of hydrogen-bond donors (Lipinski definition) is 1. The van der Waals surface area contributed by atoms with E-state index in [1.807, 2.05) is 0 Å². The molecule has 0 unspecified atom stereocenters. The summed E-state index contributed by atoms with van der Waals surface area (Å²) < 4.78 is 0. The van der Waals surface area contributed by atoms with E-state index in [1.165, 1.54) is 0 Å². The summed E-state index contributed by atoms with van der Waals surface area (Å²) in [4.78, 5) is 15.7. The highest BCUT2D eigenvalue weighted by molar-refractivity contribution is 5.96. The quantitative estimate of drug-likeness (QED) is 0.691. The van der Waals surface area contributed by atoms with Crippen molar-refractivity contribution in [2.45, 2.75) is 19.8 Å². The Morgan fingerprint density at radius 3 is 3.23 bits per heavy atom. The highest BCUT2D eigenvalue weighted by atomic mass is 16.1. The van der Waals surface area contributed by atoms with Crippen molar-refractivity contribution in [3.05, 3.63) is 29.1 Å². The van der Waals surface area contributed by atoms with Crippen molar-refractivity contribution in [3.8, 4) is 0 Å². The molecule has 68 valence electrons. The molecule has 1 aromatic heterocycles.